The lowest BCUT2D eigenvalue weighted by atomic mass is 10.2. The number of benzene rings is 1. The van der Waals surface area contributed by atoms with Crippen LogP contribution in [0.5, 0.6) is 0 Å². The highest BCUT2D eigenvalue weighted by Crippen LogP contribution is 2.20. The van der Waals surface area contributed by atoms with Crippen LogP contribution in [0.3, 0.4) is 0 Å². The molecule has 118 valence electrons. The highest BCUT2D eigenvalue weighted by atomic mass is 35.7. The Balaban J connectivity index is 2.63. The Labute approximate surface area is 127 Å². The molecule has 1 aromatic rings. The topological polar surface area (TPSA) is 69.7 Å². The van der Waals surface area contributed by atoms with Gasteiger partial charge in [0, 0.05) is 17.3 Å². The van der Waals surface area contributed by atoms with E-state index < -0.39 is 25.7 Å². The summed E-state index contributed by atoms with van der Waals surface area (Å²) < 4.78 is 45.7. The number of ether oxygens (including phenoxy) is 2. The van der Waals surface area contributed by atoms with Gasteiger partial charge in [0.2, 0.25) is 0 Å². The molecule has 21 heavy (non-hydrogen) atoms. The standard InChI is InChI=1S/C13H16ClFO5S/c1-9(2)8-19-5-6-20-13(16)10-3-4-11(15)12(7-10)21(14,17)18/h3-4,7,9H,5-6,8H2,1-2H3. The molecule has 0 heterocycles. The Morgan fingerprint density at radius 3 is 2.57 bits per heavy atom. The van der Waals surface area contributed by atoms with Gasteiger partial charge in [-0.3, -0.25) is 0 Å². The summed E-state index contributed by atoms with van der Waals surface area (Å²) in [4.78, 5) is 10.9. The average Bonchev–Trinajstić information content (AvgIpc) is 2.36. The first-order valence-corrected chi connectivity index (χ1v) is 8.52. The summed E-state index contributed by atoms with van der Waals surface area (Å²) in [6.45, 7) is 4.76. The molecule has 8 heteroatoms. The second kappa shape index (κ2) is 7.72. The van der Waals surface area contributed by atoms with Crippen LogP contribution in [0.1, 0.15) is 24.2 Å². The maximum Gasteiger partial charge on any atom is 0.338 e. The van der Waals surface area contributed by atoms with Crippen molar-refractivity contribution in [1.29, 1.82) is 0 Å². The highest BCUT2D eigenvalue weighted by molar-refractivity contribution is 8.13. The van der Waals surface area contributed by atoms with E-state index in [9.17, 15) is 17.6 Å². The second-order valence-electron chi connectivity index (χ2n) is 4.69. The molecule has 0 unspecified atom stereocenters. The van der Waals surface area contributed by atoms with Gasteiger partial charge in [-0.25, -0.2) is 17.6 Å². The van der Waals surface area contributed by atoms with E-state index in [1.807, 2.05) is 13.8 Å². The Kier molecular flexibility index (Phi) is 6.57. The van der Waals surface area contributed by atoms with Crippen molar-refractivity contribution < 1.29 is 27.1 Å². The third kappa shape index (κ3) is 5.99. The molecule has 0 amide bonds. The first-order valence-electron chi connectivity index (χ1n) is 6.21. The zero-order chi connectivity index (χ0) is 16.0. The molecular formula is C13H16ClFO5S. The van der Waals surface area contributed by atoms with Gasteiger partial charge in [-0.05, 0) is 24.1 Å². The molecule has 0 bridgehead atoms. The van der Waals surface area contributed by atoms with Crippen LogP contribution in [-0.4, -0.2) is 34.2 Å². The molecule has 0 saturated carbocycles. The minimum Gasteiger partial charge on any atom is -0.460 e. The molecule has 0 aliphatic carbocycles. The van der Waals surface area contributed by atoms with Crippen LogP contribution >= 0.6 is 10.7 Å². The van der Waals surface area contributed by atoms with Crippen LogP contribution < -0.4 is 0 Å². The summed E-state index contributed by atoms with van der Waals surface area (Å²) in [6.07, 6.45) is 0. The van der Waals surface area contributed by atoms with Gasteiger partial charge in [0.25, 0.3) is 9.05 Å². The number of carbonyl (C=O) groups excluding carboxylic acids is 1. The van der Waals surface area contributed by atoms with Gasteiger partial charge in [0.15, 0.2) is 0 Å². The average molecular weight is 339 g/mol. The molecule has 0 aliphatic heterocycles. The summed E-state index contributed by atoms with van der Waals surface area (Å²) in [5.74, 6) is -1.43. The van der Waals surface area contributed by atoms with Crippen LogP contribution in [0.2, 0.25) is 0 Å². The van der Waals surface area contributed by atoms with Crippen molar-refractivity contribution in [3.05, 3.63) is 29.6 Å². The summed E-state index contributed by atoms with van der Waals surface area (Å²) in [5.41, 5.74) is -0.0977. The maximum atomic E-state index is 13.3. The summed E-state index contributed by atoms with van der Waals surface area (Å²) >= 11 is 0. The van der Waals surface area contributed by atoms with Crippen LogP contribution in [-0.2, 0) is 18.5 Å². The van der Waals surface area contributed by atoms with E-state index in [2.05, 4.69) is 0 Å². The van der Waals surface area contributed by atoms with E-state index in [4.69, 9.17) is 20.2 Å². The first-order chi connectivity index (χ1) is 9.71. The van der Waals surface area contributed by atoms with Gasteiger partial charge in [-0.2, -0.15) is 0 Å². The Morgan fingerprint density at radius 1 is 1.33 bits per heavy atom. The zero-order valence-electron chi connectivity index (χ0n) is 11.6. The fourth-order valence-corrected chi connectivity index (χ4v) is 2.34. The number of carbonyl (C=O) groups is 1. The fourth-order valence-electron chi connectivity index (χ4n) is 1.41. The molecule has 1 rings (SSSR count). The SMILES string of the molecule is CC(C)COCCOC(=O)c1ccc(F)c(S(=O)(=O)Cl)c1. The molecule has 0 saturated heterocycles. The van der Waals surface area contributed by atoms with Crippen molar-refractivity contribution in [3.63, 3.8) is 0 Å². The van der Waals surface area contributed by atoms with Crippen molar-refractivity contribution in [3.8, 4) is 0 Å². The quantitative estimate of drug-likeness (QED) is 0.434. The molecule has 0 aliphatic rings. The van der Waals surface area contributed by atoms with Gasteiger partial charge < -0.3 is 9.47 Å². The number of rotatable bonds is 7. The van der Waals surface area contributed by atoms with Crippen molar-refractivity contribution >= 4 is 25.7 Å². The molecule has 0 fully saturated rings. The molecule has 0 N–H and O–H groups in total. The number of hydrogen-bond acceptors (Lipinski definition) is 5. The lowest BCUT2D eigenvalue weighted by Crippen LogP contribution is -2.13. The lowest BCUT2D eigenvalue weighted by Gasteiger charge is -2.08. The third-order valence-electron chi connectivity index (χ3n) is 2.34. The van der Waals surface area contributed by atoms with Crippen LogP contribution in [0, 0.1) is 11.7 Å². The molecule has 1 aromatic carbocycles. The van der Waals surface area contributed by atoms with Crippen molar-refractivity contribution in [2.24, 2.45) is 5.92 Å². The highest BCUT2D eigenvalue weighted by Gasteiger charge is 2.19. The summed E-state index contributed by atoms with van der Waals surface area (Å²) in [7, 11) is 0.812. The van der Waals surface area contributed by atoms with Gasteiger partial charge in [-0.1, -0.05) is 13.8 Å². The first kappa shape index (κ1) is 17.9. The van der Waals surface area contributed by atoms with Crippen LogP contribution in [0.4, 0.5) is 4.39 Å². The predicted octanol–water partition coefficient (Wildman–Crippen LogP) is 2.58. The van der Waals surface area contributed by atoms with E-state index in [0.717, 1.165) is 18.2 Å². The number of halogens is 2. The largest absolute Gasteiger partial charge is 0.460 e. The lowest BCUT2D eigenvalue weighted by molar-refractivity contribution is 0.0277. The third-order valence-corrected chi connectivity index (χ3v) is 3.68. The molecular weight excluding hydrogens is 323 g/mol. The predicted molar refractivity (Wildman–Crippen MR) is 75.4 cm³/mol. The Morgan fingerprint density at radius 2 is 2.00 bits per heavy atom. The monoisotopic (exact) mass is 338 g/mol. The Hall–Kier alpha value is -1.18. The maximum absolute atomic E-state index is 13.3. The van der Waals surface area contributed by atoms with Crippen LogP contribution in [0.15, 0.2) is 23.1 Å². The van der Waals surface area contributed by atoms with E-state index >= 15 is 0 Å². The Bertz CT molecular complexity index is 601. The molecule has 0 atom stereocenters. The van der Waals surface area contributed by atoms with Crippen molar-refractivity contribution in [1.82, 2.24) is 0 Å². The minimum atomic E-state index is -4.26. The van der Waals surface area contributed by atoms with Crippen LogP contribution in [0.25, 0.3) is 0 Å². The molecule has 0 spiro atoms. The van der Waals surface area contributed by atoms with E-state index in [1.165, 1.54) is 0 Å². The van der Waals surface area contributed by atoms with E-state index in [-0.39, 0.29) is 18.8 Å². The van der Waals surface area contributed by atoms with Gasteiger partial charge >= 0.3 is 5.97 Å². The molecule has 0 radical (unpaired) electrons. The summed E-state index contributed by atoms with van der Waals surface area (Å²) in [6, 6.07) is 2.81. The normalized spacial score (nSPS) is 11.7. The fraction of sp³-hybridized carbons (Fsp3) is 0.462. The van der Waals surface area contributed by atoms with E-state index in [0.29, 0.717) is 12.5 Å². The van der Waals surface area contributed by atoms with Gasteiger partial charge in [0.1, 0.15) is 17.3 Å². The number of esters is 1. The number of hydrogen-bond donors (Lipinski definition) is 0. The van der Waals surface area contributed by atoms with Crippen molar-refractivity contribution in [2.75, 3.05) is 19.8 Å². The zero-order valence-corrected chi connectivity index (χ0v) is 13.2. The molecule has 0 aromatic heterocycles. The van der Waals surface area contributed by atoms with Gasteiger partial charge in [-0.15, -0.1) is 0 Å². The smallest absolute Gasteiger partial charge is 0.338 e. The minimum absolute atomic E-state index is 0.0197. The second-order valence-corrected chi connectivity index (χ2v) is 7.22. The van der Waals surface area contributed by atoms with Crippen molar-refractivity contribution in [2.45, 2.75) is 18.7 Å². The van der Waals surface area contributed by atoms with Gasteiger partial charge in [0.05, 0.1) is 12.2 Å². The molecule has 5 nitrogen and oxygen atoms in total. The van der Waals surface area contributed by atoms with E-state index in [1.54, 1.807) is 0 Å². The summed E-state index contributed by atoms with van der Waals surface area (Å²) in [5, 5.41) is 0.